The molecule has 0 amide bonds. The average molecular weight is 182 g/mol. The highest BCUT2D eigenvalue weighted by atomic mass is 15.3. The van der Waals surface area contributed by atoms with Gasteiger partial charge in [-0.3, -0.25) is 10.4 Å². The molecule has 4 nitrogen and oxygen atoms in total. The highest BCUT2D eigenvalue weighted by Gasteiger charge is 2.45. The van der Waals surface area contributed by atoms with Gasteiger partial charge in [0, 0.05) is 12.6 Å². The van der Waals surface area contributed by atoms with Crippen molar-refractivity contribution >= 4 is 5.96 Å². The number of nitrogens with one attached hydrogen (secondary N) is 2. The smallest absolute Gasteiger partial charge is 0.205 e. The predicted molar refractivity (Wildman–Crippen MR) is 53.1 cm³/mol. The first-order valence-corrected chi connectivity index (χ1v) is 5.11. The fourth-order valence-electron chi connectivity index (χ4n) is 2.32. The van der Waals surface area contributed by atoms with E-state index in [2.05, 4.69) is 15.7 Å². The molecule has 0 radical (unpaired) electrons. The van der Waals surface area contributed by atoms with Crippen LogP contribution in [0, 0.1) is 11.8 Å². The van der Waals surface area contributed by atoms with Gasteiger partial charge in [-0.25, -0.2) is 5.84 Å². The Morgan fingerprint density at radius 3 is 2.62 bits per heavy atom. The summed E-state index contributed by atoms with van der Waals surface area (Å²) in [5.74, 6) is 8.08. The maximum atomic E-state index is 5.34. The van der Waals surface area contributed by atoms with Crippen LogP contribution in [-0.4, -0.2) is 18.5 Å². The first-order valence-electron chi connectivity index (χ1n) is 5.11. The Morgan fingerprint density at radius 2 is 2.08 bits per heavy atom. The van der Waals surface area contributed by atoms with Crippen LogP contribution >= 0.6 is 0 Å². The van der Waals surface area contributed by atoms with Gasteiger partial charge >= 0.3 is 0 Å². The number of nitrogens with two attached hydrogens (primary N) is 1. The first-order chi connectivity index (χ1) is 6.33. The van der Waals surface area contributed by atoms with Crippen LogP contribution in [0.4, 0.5) is 0 Å². The van der Waals surface area contributed by atoms with Crippen LogP contribution in [0.3, 0.4) is 0 Å². The third kappa shape index (κ3) is 1.94. The van der Waals surface area contributed by atoms with E-state index in [1.54, 1.807) is 0 Å². The van der Waals surface area contributed by atoms with Crippen molar-refractivity contribution in [1.82, 2.24) is 10.7 Å². The lowest BCUT2D eigenvalue weighted by atomic mass is 10.2. The quantitative estimate of drug-likeness (QED) is 0.248. The summed E-state index contributed by atoms with van der Waals surface area (Å²) in [6.45, 7) is 2.78. The largest absolute Gasteiger partial charge is 0.353 e. The molecular formula is C9H18N4. The van der Waals surface area contributed by atoms with E-state index in [1.807, 2.05) is 6.92 Å². The number of hydrogen-bond donors (Lipinski definition) is 3. The van der Waals surface area contributed by atoms with Crippen molar-refractivity contribution < 1.29 is 0 Å². The second-order valence-corrected chi connectivity index (χ2v) is 4.04. The molecule has 2 fully saturated rings. The molecule has 0 bridgehead atoms. The van der Waals surface area contributed by atoms with Crippen molar-refractivity contribution in [3.8, 4) is 0 Å². The van der Waals surface area contributed by atoms with Crippen LogP contribution in [0.5, 0.6) is 0 Å². The summed E-state index contributed by atoms with van der Waals surface area (Å²) >= 11 is 0. The molecular weight excluding hydrogens is 164 g/mol. The summed E-state index contributed by atoms with van der Waals surface area (Å²) in [6.07, 6.45) is 4.05. The van der Waals surface area contributed by atoms with Crippen molar-refractivity contribution in [3.05, 3.63) is 0 Å². The van der Waals surface area contributed by atoms with Gasteiger partial charge in [0.25, 0.3) is 0 Å². The van der Waals surface area contributed by atoms with E-state index in [0.717, 1.165) is 24.3 Å². The summed E-state index contributed by atoms with van der Waals surface area (Å²) in [7, 11) is 0. The second kappa shape index (κ2) is 3.54. The van der Waals surface area contributed by atoms with Crippen molar-refractivity contribution in [2.75, 3.05) is 6.54 Å². The summed E-state index contributed by atoms with van der Waals surface area (Å²) in [5, 5.41) is 3.34. The van der Waals surface area contributed by atoms with E-state index >= 15 is 0 Å². The number of hydrazine groups is 1. The predicted octanol–water partition coefficient (Wildman–Crippen LogP) is 0.214. The van der Waals surface area contributed by atoms with Gasteiger partial charge in [0.15, 0.2) is 0 Å². The van der Waals surface area contributed by atoms with Crippen LogP contribution in [0.25, 0.3) is 0 Å². The maximum absolute atomic E-state index is 5.34. The van der Waals surface area contributed by atoms with Gasteiger partial charge in [-0.2, -0.15) is 0 Å². The molecule has 13 heavy (non-hydrogen) atoms. The van der Waals surface area contributed by atoms with E-state index in [9.17, 15) is 0 Å². The molecule has 2 aliphatic rings. The molecule has 2 aliphatic carbocycles. The molecule has 0 spiro atoms. The van der Waals surface area contributed by atoms with Gasteiger partial charge in [0.2, 0.25) is 5.96 Å². The van der Waals surface area contributed by atoms with Crippen LogP contribution in [-0.2, 0) is 0 Å². The first kappa shape index (κ1) is 8.81. The molecule has 0 heterocycles. The Hall–Kier alpha value is -0.770. The van der Waals surface area contributed by atoms with Crippen LogP contribution in [0.15, 0.2) is 4.99 Å². The standard InChI is InChI=1S/C9H18N4/c1-2-11-9(13-10)12-8-4-6-3-7(6)5-8/h6-8H,2-5,10H2,1H3,(H2,11,12,13). The number of fused-ring (bicyclic) bond motifs is 1. The Labute approximate surface area is 79.0 Å². The van der Waals surface area contributed by atoms with E-state index in [1.165, 1.54) is 19.3 Å². The lowest BCUT2D eigenvalue weighted by molar-refractivity contribution is 0.551. The SMILES string of the molecule is CCN=C(NN)NC1CC2CC2C1. The number of rotatable bonds is 2. The third-order valence-corrected chi connectivity index (χ3v) is 3.04. The molecule has 2 rings (SSSR count). The zero-order chi connectivity index (χ0) is 9.26. The zero-order valence-corrected chi connectivity index (χ0v) is 8.09. The lowest BCUT2D eigenvalue weighted by Gasteiger charge is -2.16. The minimum absolute atomic E-state index is 0.602. The topological polar surface area (TPSA) is 62.4 Å². The second-order valence-electron chi connectivity index (χ2n) is 4.04. The summed E-state index contributed by atoms with van der Waals surface area (Å²) in [4.78, 5) is 4.22. The lowest BCUT2D eigenvalue weighted by Crippen LogP contribution is -2.46. The van der Waals surface area contributed by atoms with Gasteiger partial charge in [-0.05, 0) is 38.0 Å². The van der Waals surface area contributed by atoms with E-state index < -0.39 is 0 Å². The van der Waals surface area contributed by atoms with Crippen molar-refractivity contribution in [2.24, 2.45) is 22.7 Å². The van der Waals surface area contributed by atoms with Crippen molar-refractivity contribution in [2.45, 2.75) is 32.2 Å². The summed E-state index contributed by atoms with van der Waals surface area (Å²) in [6, 6.07) is 0.602. The Bertz CT molecular complexity index is 204. The summed E-state index contributed by atoms with van der Waals surface area (Å²) in [5.41, 5.74) is 2.60. The maximum Gasteiger partial charge on any atom is 0.205 e. The van der Waals surface area contributed by atoms with E-state index in [-0.39, 0.29) is 0 Å². The number of aliphatic imine (C=N–C) groups is 1. The monoisotopic (exact) mass is 182 g/mol. The van der Waals surface area contributed by atoms with E-state index in [4.69, 9.17) is 5.84 Å². The van der Waals surface area contributed by atoms with Gasteiger partial charge in [0.05, 0.1) is 0 Å². The van der Waals surface area contributed by atoms with Gasteiger partial charge in [0.1, 0.15) is 0 Å². The fourth-order valence-corrected chi connectivity index (χ4v) is 2.32. The molecule has 74 valence electrons. The third-order valence-electron chi connectivity index (χ3n) is 3.04. The minimum atomic E-state index is 0.602. The number of guanidine groups is 1. The number of nitrogens with zero attached hydrogens (tertiary/aromatic N) is 1. The van der Waals surface area contributed by atoms with Crippen LogP contribution < -0.4 is 16.6 Å². The Balaban J connectivity index is 1.79. The molecule has 2 saturated carbocycles. The molecule has 0 aromatic heterocycles. The Kier molecular flexibility index (Phi) is 2.40. The molecule has 4 heteroatoms. The zero-order valence-electron chi connectivity index (χ0n) is 8.09. The molecule has 2 unspecified atom stereocenters. The fraction of sp³-hybridized carbons (Fsp3) is 0.889. The molecule has 0 aliphatic heterocycles. The highest BCUT2D eigenvalue weighted by molar-refractivity contribution is 5.79. The van der Waals surface area contributed by atoms with Gasteiger partial charge < -0.3 is 5.32 Å². The van der Waals surface area contributed by atoms with Crippen molar-refractivity contribution in [1.29, 1.82) is 0 Å². The van der Waals surface area contributed by atoms with E-state index in [0.29, 0.717) is 6.04 Å². The highest BCUT2D eigenvalue weighted by Crippen LogP contribution is 2.51. The van der Waals surface area contributed by atoms with Crippen molar-refractivity contribution in [3.63, 3.8) is 0 Å². The normalized spacial score (nSPS) is 37.1. The minimum Gasteiger partial charge on any atom is -0.353 e. The molecule has 0 aromatic rings. The number of hydrogen-bond acceptors (Lipinski definition) is 2. The van der Waals surface area contributed by atoms with Crippen LogP contribution in [0.2, 0.25) is 0 Å². The van der Waals surface area contributed by atoms with Crippen LogP contribution in [0.1, 0.15) is 26.2 Å². The average Bonchev–Trinajstić information content (AvgIpc) is 2.74. The molecule has 0 saturated heterocycles. The van der Waals surface area contributed by atoms with Gasteiger partial charge in [-0.15, -0.1) is 0 Å². The molecule has 4 N–H and O–H groups in total. The summed E-state index contributed by atoms with van der Waals surface area (Å²) < 4.78 is 0. The molecule has 0 aromatic carbocycles. The molecule has 2 atom stereocenters. The Morgan fingerprint density at radius 1 is 1.38 bits per heavy atom. The van der Waals surface area contributed by atoms with Gasteiger partial charge in [-0.1, -0.05) is 0 Å².